The van der Waals surface area contributed by atoms with Crippen molar-refractivity contribution in [2.24, 2.45) is 0 Å². The molecule has 1 saturated heterocycles. The zero-order valence-corrected chi connectivity index (χ0v) is 13.9. The van der Waals surface area contributed by atoms with Crippen LogP contribution in [0.4, 0.5) is 5.82 Å². The maximum Gasteiger partial charge on any atom is 0.276 e. The van der Waals surface area contributed by atoms with Crippen LogP contribution in [0.5, 0.6) is 0 Å². The van der Waals surface area contributed by atoms with Crippen LogP contribution < -0.4 is 4.90 Å². The van der Waals surface area contributed by atoms with E-state index in [9.17, 15) is 4.79 Å². The molecule has 7 nitrogen and oxygen atoms in total. The van der Waals surface area contributed by atoms with E-state index in [1.165, 1.54) is 18.4 Å². The summed E-state index contributed by atoms with van der Waals surface area (Å²) in [7, 11) is 0. The number of aromatic nitrogens is 3. The van der Waals surface area contributed by atoms with Gasteiger partial charge in [0.2, 0.25) is 0 Å². The van der Waals surface area contributed by atoms with Crippen molar-refractivity contribution in [2.45, 2.75) is 32.6 Å². The van der Waals surface area contributed by atoms with E-state index in [0.29, 0.717) is 24.5 Å². The van der Waals surface area contributed by atoms with Gasteiger partial charge >= 0.3 is 0 Å². The fourth-order valence-corrected chi connectivity index (χ4v) is 3.40. The number of rotatable bonds is 2. The predicted octanol–water partition coefficient (Wildman–Crippen LogP) is 1.61. The SMILES string of the molecule is Cc1cc(C(=O)N2CCN(c3cc4c(nn3)CCCC4)CC2)no1. The lowest BCUT2D eigenvalue weighted by Gasteiger charge is -2.35. The maximum atomic E-state index is 12.4. The van der Waals surface area contributed by atoms with E-state index in [-0.39, 0.29) is 5.91 Å². The summed E-state index contributed by atoms with van der Waals surface area (Å²) >= 11 is 0. The Morgan fingerprint density at radius 2 is 1.88 bits per heavy atom. The number of fused-ring (bicyclic) bond motifs is 1. The van der Waals surface area contributed by atoms with Crippen molar-refractivity contribution in [2.75, 3.05) is 31.1 Å². The lowest BCUT2D eigenvalue weighted by Crippen LogP contribution is -2.49. The minimum atomic E-state index is -0.0666. The molecule has 2 aromatic rings. The van der Waals surface area contributed by atoms with Crippen LogP contribution >= 0.6 is 0 Å². The van der Waals surface area contributed by atoms with Crippen LogP contribution in [-0.2, 0) is 12.8 Å². The highest BCUT2D eigenvalue weighted by Crippen LogP contribution is 2.23. The number of nitrogens with zero attached hydrogens (tertiary/aromatic N) is 5. The Hall–Kier alpha value is -2.44. The second-order valence-corrected chi connectivity index (χ2v) is 6.48. The largest absolute Gasteiger partial charge is 0.361 e. The van der Waals surface area contributed by atoms with E-state index < -0.39 is 0 Å². The second kappa shape index (κ2) is 6.22. The highest BCUT2D eigenvalue weighted by atomic mass is 16.5. The number of carbonyl (C=O) groups is 1. The second-order valence-electron chi connectivity index (χ2n) is 6.48. The van der Waals surface area contributed by atoms with Crippen LogP contribution in [0.3, 0.4) is 0 Å². The van der Waals surface area contributed by atoms with Gasteiger partial charge in [0.25, 0.3) is 5.91 Å². The van der Waals surface area contributed by atoms with Crippen molar-refractivity contribution < 1.29 is 9.32 Å². The van der Waals surface area contributed by atoms with E-state index in [1.54, 1.807) is 13.0 Å². The van der Waals surface area contributed by atoms with E-state index in [2.05, 4.69) is 26.3 Å². The number of carbonyl (C=O) groups excluding carboxylic acids is 1. The first kappa shape index (κ1) is 15.1. The summed E-state index contributed by atoms with van der Waals surface area (Å²) in [6.07, 6.45) is 4.59. The Kier molecular flexibility index (Phi) is 3.92. The molecular weight excluding hydrogens is 306 g/mol. The number of hydrogen-bond donors (Lipinski definition) is 0. The molecule has 0 atom stereocenters. The summed E-state index contributed by atoms with van der Waals surface area (Å²) in [5.41, 5.74) is 2.87. The monoisotopic (exact) mass is 327 g/mol. The van der Waals surface area contributed by atoms with Crippen LogP contribution in [0, 0.1) is 6.92 Å². The lowest BCUT2D eigenvalue weighted by molar-refractivity contribution is 0.0736. The summed E-state index contributed by atoms with van der Waals surface area (Å²) in [6, 6.07) is 3.86. The summed E-state index contributed by atoms with van der Waals surface area (Å²) in [4.78, 5) is 16.4. The summed E-state index contributed by atoms with van der Waals surface area (Å²) in [5, 5.41) is 12.6. The van der Waals surface area contributed by atoms with Crippen LogP contribution in [0.15, 0.2) is 16.7 Å². The first-order valence-corrected chi connectivity index (χ1v) is 8.54. The van der Waals surface area contributed by atoms with Gasteiger partial charge in [0.15, 0.2) is 11.5 Å². The van der Waals surface area contributed by atoms with Crippen molar-refractivity contribution >= 4 is 11.7 Å². The summed E-state index contributed by atoms with van der Waals surface area (Å²) in [6.45, 7) is 4.62. The lowest BCUT2D eigenvalue weighted by atomic mass is 9.97. The van der Waals surface area contributed by atoms with Gasteiger partial charge in [0.05, 0.1) is 5.69 Å². The Balaban J connectivity index is 1.42. The quantitative estimate of drug-likeness (QED) is 0.834. The third-order valence-corrected chi connectivity index (χ3v) is 4.79. The highest BCUT2D eigenvalue weighted by molar-refractivity contribution is 5.92. The van der Waals surface area contributed by atoms with Gasteiger partial charge in [-0.3, -0.25) is 4.79 Å². The number of aryl methyl sites for hydroxylation is 3. The number of amides is 1. The van der Waals surface area contributed by atoms with Crippen molar-refractivity contribution in [1.82, 2.24) is 20.3 Å². The molecule has 1 aliphatic heterocycles. The molecule has 1 amide bonds. The van der Waals surface area contributed by atoms with E-state index in [4.69, 9.17) is 4.52 Å². The number of piperazine rings is 1. The first-order chi connectivity index (χ1) is 11.7. The van der Waals surface area contributed by atoms with Gasteiger partial charge in [0, 0.05) is 32.2 Å². The van der Waals surface area contributed by atoms with Crippen molar-refractivity contribution in [1.29, 1.82) is 0 Å². The molecule has 2 aliphatic rings. The number of hydrogen-bond acceptors (Lipinski definition) is 6. The molecule has 2 aromatic heterocycles. The fraction of sp³-hybridized carbons (Fsp3) is 0.529. The summed E-state index contributed by atoms with van der Waals surface area (Å²) in [5.74, 6) is 1.52. The zero-order chi connectivity index (χ0) is 16.5. The van der Waals surface area contributed by atoms with Gasteiger partial charge in [-0.15, -0.1) is 5.10 Å². The van der Waals surface area contributed by atoms with E-state index >= 15 is 0 Å². The average Bonchev–Trinajstić information content (AvgIpc) is 3.07. The average molecular weight is 327 g/mol. The van der Waals surface area contributed by atoms with Crippen molar-refractivity contribution in [3.05, 3.63) is 34.8 Å². The Bertz CT molecular complexity index is 749. The van der Waals surface area contributed by atoms with Crippen LogP contribution in [-0.4, -0.2) is 52.3 Å². The van der Waals surface area contributed by atoms with Gasteiger partial charge in [-0.05, 0) is 44.2 Å². The highest BCUT2D eigenvalue weighted by Gasteiger charge is 2.25. The van der Waals surface area contributed by atoms with Crippen molar-refractivity contribution in [3.63, 3.8) is 0 Å². The minimum Gasteiger partial charge on any atom is -0.361 e. The molecule has 126 valence electrons. The minimum absolute atomic E-state index is 0.0666. The Morgan fingerprint density at radius 1 is 1.08 bits per heavy atom. The van der Waals surface area contributed by atoms with Gasteiger partial charge in [-0.1, -0.05) is 5.16 Å². The van der Waals surface area contributed by atoms with Crippen LogP contribution in [0.25, 0.3) is 0 Å². The summed E-state index contributed by atoms with van der Waals surface area (Å²) < 4.78 is 4.99. The molecule has 0 radical (unpaired) electrons. The molecule has 1 aliphatic carbocycles. The molecule has 7 heteroatoms. The molecule has 3 heterocycles. The Labute approximate surface area is 140 Å². The molecule has 0 N–H and O–H groups in total. The zero-order valence-electron chi connectivity index (χ0n) is 13.9. The molecule has 0 bridgehead atoms. The molecule has 0 saturated carbocycles. The van der Waals surface area contributed by atoms with Gasteiger partial charge < -0.3 is 14.3 Å². The number of anilines is 1. The molecule has 0 aromatic carbocycles. The maximum absolute atomic E-state index is 12.4. The Morgan fingerprint density at radius 3 is 2.62 bits per heavy atom. The molecule has 0 unspecified atom stereocenters. The molecule has 1 fully saturated rings. The molecule has 0 spiro atoms. The topological polar surface area (TPSA) is 75.4 Å². The normalized spacial score (nSPS) is 17.7. The smallest absolute Gasteiger partial charge is 0.276 e. The fourth-order valence-electron chi connectivity index (χ4n) is 3.40. The van der Waals surface area contributed by atoms with Crippen molar-refractivity contribution in [3.8, 4) is 0 Å². The van der Waals surface area contributed by atoms with E-state index in [1.807, 2.05) is 4.90 Å². The van der Waals surface area contributed by atoms with Crippen LogP contribution in [0.1, 0.15) is 40.3 Å². The van der Waals surface area contributed by atoms with Gasteiger partial charge in [-0.2, -0.15) is 5.10 Å². The third-order valence-electron chi connectivity index (χ3n) is 4.79. The standard InChI is InChI=1S/C17H21N5O2/c1-12-10-15(20-24-12)17(23)22-8-6-21(7-9-22)16-11-13-4-2-3-5-14(13)18-19-16/h10-11H,2-9H2,1H3. The first-order valence-electron chi connectivity index (χ1n) is 8.54. The molecule has 4 rings (SSSR count). The predicted molar refractivity (Wildman–Crippen MR) is 88.0 cm³/mol. The van der Waals surface area contributed by atoms with Gasteiger partial charge in [-0.25, -0.2) is 0 Å². The third kappa shape index (κ3) is 2.86. The molecular formula is C17H21N5O2. The van der Waals surface area contributed by atoms with Gasteiger partial charge in [0.1, 0.15) is 5.76 Å². The molecule has 24 heavy (non-hydrogen) atoms. The van der Waals surface area contributed by atoms with E-state index in [0.717, 1.165) is 37.4 Å². The van der Waals surface area contributed by atoms with Crippen LogP contribution in [0.2, 0.25) is 0 Å².